The summed E-state index contributed by atoms with van der Waals surface area (Å²) in [5.41, 5.74) is 3.06. The largest absolute Gasteiger partial charge is 0.494 e. The van der Waals surface area contributed by atoms with Gasteiger partial charge in [-0.05, 0) is 57.6 Å². The molecule has 2 rings (SSSR count). The molecule has 2 nitrogen and oxygen atoms in total. The van der Waals surface area contributed by atoms with Crippen LogP contribution in [0.1, 0.15) is 38.8 Å². The van der Waals surface area contributed by atoms with Gasteiger partial charge in [0, 0.05) is 0 Å². The Hall–Kier alpha value is -1.06. The lowest BCUT2D eigenvalue weighted by Gasteiger charge is -2.32. The van der Waals surface area contributed by atoms with Crippen LogP contribution in [0.25, 0.3) is 0 Å². The van der Waals surface area contributed by atoms with Crippen molar-refractivity contribution in [3.8, 4) is 0 Å². The number of hydrogen-bond acceptors (Lipinski definition) is 2. The second kappa shape index (κ2) is 4.80. The quantitative estimate of drug-likeness (QED) is 0.613. The van der Waals surface area contributed by atoms with Gasteiger partial charge in [0.2, 0.25) is 0 Å². The molecule has 102 valence electrons. The van der Waals surface area contributed by atoms with E-state index in [2.05, 4.69) is 59.4 Å². The lowest BCUT2D eigenvalue weighted by molar-refractivity contribution is 0.00578. The summed E-state index contributed by atoms with van der Waals surface area (Å²) >= 11 is 0. The lowest BCUT2D eigenvalue weighted by Crippen LogP contribution is -2.41. The van der Waals surface area contributed by atoms with Crippen LogP contribution in [0.5, 0.6) is 0 Å². The minimum atomic E-state index is -0.291. The summed E-state index contributed by atoms with van der Waals surface area (Å²) in [6.45, 7) is 14.2. The second-order valence-electron chi connectivity index (χ2n) is 6.27. The minimum absolute atomic E-state index is 0.283. The Balaban J connectivity index is 2.29. The first kappa shape index (κ1) is 14.4. The average molecular weight is 258 g/mol. The van der Waals surface area contributed by atoms with E-state index in [0.717, 1.165) is 11.9 Å². The summed E-state index contributed by atoms with van der Waals surface area (Å²) in [7, 11) is -0.283. The van der Waals surface area contributed by atoms with Crippen molar-refractivity contribution in [2.45, 2.75) is 52.2 Å². The van der Waals surface area contributed by atoms with Gasteiger partial charge in [0.25, 0.3) is 0 Å². The third-order valence-electron chi connectivity index (χ3n) is 4.26. The highest BCUT2D eigenvalue weighted by Gasteiger charge is 2.51. The Kier molecular flexibility index (Phi) is 3.63. The molecule has 0 aromatic heterocycles. The molecule has 0 atom stereocenters. The molecule has 0 spiro atoms. The van der Waals surface area contributed by atoms with Gasteiger partial charge in [-0.15, -0.1) is 6.58 Å². The van der Waals surface area contributed by atoms with E-state index < -0.39 is 0 Å². The zero-order valence-corrected chi connectivity index (χ0v) is 12.6. The molecule has 1 heterocycles. The summed E-state index contributed by atoms with van der Waals surface area (Å²) in [6, 6.07) is 6.38. The first-order chi connectivity index (χ1) is 8.77. The van der Waals surface area contributed by atoms with E-state index >= 15 is 0 Å². The molecule has 0 radical (unpaired) electrons. The number of benzene rings is 1. The lowest BCUT2D eigenvalue weighted by atomic mass is 9.77. The maximum Gasteiger partial charge on any atom is 0.494 e. The molecule has 0 aliphatic carbocycles. The van der Waals surface area contributed by atoms with Gasteiger partial charge in [0.15, 0.2) is 0 Å². The molecule has 3 heteroatoms. The molecular weight excluding hydrogens is 235 g/mol. The summed E-state index contributed by atoms with van der Waals surface area (Å²) in [4.78, 5) is 0. The fourth-order valence-electron chi connectivity index (χ4n) is 2.19. The fourth-order valence-corrected chi connectivity index (χ4v) is 2.19. The van der Waals surface area contributed by atoms with Gasteiger partial charge in [0.05, 0.1) is 11.2 Å². The topological polar surface area (TPSA) is 18.5 Å². The van der Waals surface area contributed by atoms with Crippen LogP contribution in [0.2, 0.25) is 0 Å². The number of aryl methyl sites for hydroxylation is 1. The van der Waals surface area contributed by atoms with Gasteiger partial charge in [0.1, 0.15) is 0 Å². The third-order valence-corrected chi connectivity index (χ3v) is 4.26. The van der Waals surface area contributed by atoms with E-state index in [1.54, 1.807) is 0 Å². The van der Waals surface area contributed by atoms with Gasteiger partial charge >= 0.3 is 7.12 Å². The molecule has 1 aliphatic heterocycles. The molecular formula is C16H23BO2. The van der Waals surface area contributed by atoms with E-state index in [1.807, 2.05) is 6.08 Å². The van der Waals surface area contributed by atoms with Crippen molar-refractivity contribution in [2.75, 3.05) is 0 Å². The molecule has 0 N–H and O–H groups in total. The molecule has 1 fully saturated rings. The fraction of sp³-hybridized carbons (Fsp3) is 0.500. The Bertz CT molecular complexity index is 476. The molecule has 19 heavy (non-hydrogen) atoms. The summed E-state index contributed by atoms with van der Waals surface area (Å²) in [5, 5.41) is 0. The maximum atomic E-state index is 6.08. The van der Waals surface area contributed by atoms with Crippen molar-refractivity contribution in [3.05, 3.63) is 42.0 Å². The predicted molar refractivity (Wildman–Crippen MR) is 80.8 cm³/mol. The Morgan fingerprint density at radius 2 is 1.74 bits per heavy atom. The molecule has 0 bridgehead atoms. The minimum Gasteiger partial charge on any atom is -0.399 e. The monoisotopic (exact) mass is 258 g/mol. The average Bonchev–Trinajstić information content (AvgIpc) is 2.51. The molecule has 0 unspecified atom stereocenters. The van der Waals surface area contributed by atoms with E-state index in [-0.39, 0.29) is 18.3 Å². The van der Waals surface area contributed by atoms with Gasteiger partial charge in [-0.25, -0.2) is 0 Å². The normalized spacial score (nSPS) is 20.6. The van der Waals surface area contributed by atoms with Crippen LogP contribution in [0.15, 0.2) is 30.9 Å². The summed E-state index contributed by atoms with van der Waals surface area (Å²) in [5.74, 6) is 0. The van der Waals surface area contributed by atoms with Gasteiger partial charge in [-0.1, -0.05) is 24.3 Å². The van der Waals surface area contributed by atoms with E-state index in [4.69, 9.17) is 9.31 Å². The number of rotatable bonds is 3. The van der Waals surface area contributed by atoms with Crippen LogP contribution in [0.4, 0.5) is 0 Å². The highest BCUT2D eigenvalue weighted by atomic mass is 16.7. The first-order valence-electron chi connectivity index (χ1n) is 6.83. The number of hydrogen-bond donors (Lipinski definition) is 0. The molecule has 1 aromatic carbocycles. The highest BCUT2D eigenvalue weighted by molar-refractivity contribution is 6.62. The van der Waals surface area contributed by atoms with Crippen molar-refractivity contribution in [1.82, 2.24) is 0 Å². The van der Waals surface area contributed by atoms with Gasteiger partial charge in [-0.3, -0.25) is 0 Å². The van der Waals surface area contributed by atoms with E-state index in [0.29, 0.717) is 0 Å². The van der Waals surface area contributed by atoms with Crippen molar-refractivity contribution in [2.24, 2.45) is 0 Å². The maximum absolute atomic E-state index is 6.08. The van der Waals surface area contributed by atoms with Crippen LogP contribution in [0, 0.1) is 6.92 Å². The van der Waals surface area contributed by atoms with Gasteiger partial charge in [-0.2, -0.15) is 0 Å². The van der Waals surface area contributed by atoms with Crippen LogP contribution < -0.4 is 5.46 Å². The van der Waals surface area contributed by atoms with Crippen molar-refractivity contribution in [3.63, 3.8) is 0 Å². The summed E-state index contributed by atoms with van der Waals surface area (Å²) in [6.07, 6.45) is 2.80. The molecule has 1 saturated heterocycles. The zero-order valence-electron chi connectivity index (χ0n) is 12.6. The van der Waals surface area contributed by atoms with Crippen molar-refractivity contribution < 1.29 is 9.31 Å². The van der Waals surface area contributed by atoms with Crippen LogP contribution in [-0.2, 0) is 15.7 Å². The smallest absolute Gasteiger partial charge is 0.399 e. The van der Waals surface area contributed by atoms with Crippen LogP contribution >= 0.6 is 0 Å². The Morgan fingerprint density at radius 1 is 1.16 bits per heavy atom. The van der Waals surface area contributed by atoms with Crippen LogP contribution in [-0.4, -0.2) is 18.3 Å². The highest BCUT2D eigenvalue weighted by Crippen LogP contribution is 2.36. The zero-order chi connectivity index (χ0) is 14.3. The Morgan fingerprint density at radius 3 is 2.26 bits per heavy atom. The van der Waals surface area contributed by atoms with Crippen LogP contribution in [0.3, 0.4) is 0 Å². The second-order valence-corrected chi connectivity index (χ2v) is 6.27. The molecule has 0 saturated carbocycles. The first-order valence-corrected chi connectivity index (χ1v) is 6.83. The SMILES string of the molecule is C=CCc1cc(B2OC(C)(C)C(C)(C)O2)ccc1C. The Labute approximate surface area is 117 Å². The summed E-state index contributed by atoms with van der Waals surface area (Å²) < 4.78 is 12.2. The van der Waals surface area contributed by atoms with E-state index in [9.17, 15) is 0 Å². The van der Waals surface area contributed by atoms with E-state index in [1.165, 1.54) is 11.1 Å². The number of allylic oxidation sites excluding steroid dienone is 1. The standard InChI is InChI=1S/C16H23BO2/c1-7-8-13-11-14(10-9-12(13)2)17-18-15(3,4)16(5,6)19-17/h7,9-11H,1,8H2,2-6H3. The third kappa shape index (κ3) is 2.63. The van der Waals surface area contributed by atoms with Gasteiger partial charge < -0.3 is 9.31 Å². The molecule has 1 aromatic rings. The molecule has 0 amide bonds. The van der Waals surface area contributed by atoms with Crippen molar-refractivity contribution >= 4 is 12.6 Å². The van der Waals surface area contributed by atoms with Crippen molar-refractivity contribution in [1.29, 1.82) is 0 Å². The predicted octanol–water partition coefficient (Wildman–Crippen LogP) is 3.02. The molecule has 1 aliphatic rings.